The first-order chi connectivity index (χ1) is 8.97. The second-order valence-corrected chi connectivity index (χ2v) is 5.38. The molecule has 0 amide bonds. The Kier molecular flexibility index (Phi) is 3.84. The van der Waals surface area contributed by atoms with Crippen molar-refractivity contribution < 1.29 is 0 Å². The largest absolute Gasteiger partial charge is 0.366 e. The summed E-state index contributed by atoms with van der Waals surface area (Å²) < 4.78 is 0. The van der Waals surface area contributed by atoms with Crippen LogP contribution in [-0.2, 0) is 0 Å². The van der Waals surface area contributed by atoms with Gasteiger partial charge in [-0.3, -0.25) is 0 Å². The molecule has 0 saturated carbocycles. The Hall–Kier alpha value is -1.90. The summed E-state index contributed by atoms with van der Waals surface area (Å²) in [5, 5.41) is 11.8. The minimum Gasteiger partial charge on any atom is -0.366 e. The number of benzene rings is 1. The van der Waals surface area contributed by atoms with Gasteiger partial charge in [0.2, 0.25) is 0 Å². The van der Waals surface area contributed by atoms with Crippen molar-refractivity contribution >= 4 is 5.82 Å². The topological polar surface area (TPSA) is 37.8 Å². The molecule has 3 heteroatoms. The van der Waals surface area contributed by atoms with Crippen LogP contribution in [0, 0.1) is 20.8 Å². The van der Waals surface area contributed by atoms with Crippen LogP contribution in [0.1, 0.15) is 30.5 Å². The van der Waals surface area contributed by atoms with Gasteiger partial charge in [-0.05, 0) is 57.9 Å². The van der Waals surface area contributed by atoms with Crippen LogP contribution in [0.3, 0.4) is 0 Å². The van der Waals surface area contributed by atoms with Gasteiger partial charge < -0.3 is 5.32 Å². The quantitative estimate of drug-likeness (QED) is 0.904. The van der Waals surface area contributed by atoms with Gasteiger partial charge >= 0.3 is 0 Å². The number of aromatic nitrogens is 2. The van der Waals surface area contributed by atoms with Crippen molar-refractivity contribution in [1.29, 1.82) is 0 Å². The highest BCUT2D eigenvalue weighted by Gasteiger charge is 2.08. The van der Waals surface area contributed by atoms with Crippen molar-refractivity contribution in [3.63, 3.8) is 0 Å². The van der Waals surface area contributed by atoms with E-state index < -0.39 is 0 Å². The average molecular weight is 255 g/mol. The molecule has 1 aromatic heterocycles. The maximum atomic E-state index is 4.34. The van der Waals surface area contributed by atoms with Crippen molar-refractivity contribution in [3.8, 4) is 11.3 Å². The molecule has 2 rings (SSSR count). The Morgan fingerprint density at radius 2 is 1.58 bits per heavy atom. The Morgan fingerprint density at radius 1 is 0.947 bits per heavy atom. The van der Waals surface area contributed by atoms with Gasteiger partial charge in [0.15, 0.2) is 0 Å². The Balaban J connectivity index is 2.37. The van der Waals surface area contributed by atoms with Crippen LogP contribution in [-0.4, -0.2) is 16.2 Å². The van der Waals surface area contributed by atoms with Gasteiger partial charge in [-0.15, -0.1) is 10.2 Å². The number of nitrogens with zero attached hydrogens (tertiary/aromatic N) is 2. The summed E-state index contributed by atoms with van der Waals surface area (Å²) in [6.07, 6.45) is 0. The molecule has 0 atom stereocenters. The van der Waals surface area contributed by atoms with E-state index in [2.05, 4.69) is 62.3 Å². The Bertz CT molecular complexity index is 548. The highest BCUT2D eigenvalue weighted by Crippen LogP contribution is 2.26. The van der Waals surface area contributed by atoms with E-state index in [4.69, 9.17) is 0 Å². The maximum Gasteiger partial charge on any atom is 0.148 e. The molecule has 3 nitrogen and oxygen atoms in total. The van der Waals surface area contributed by atoms with Gasteiger partial charge in [0, 0.05) is 11.6 Å². The maximum absolute atomic E-state index is 4.34. The summed E-state index contributed by atoms with van der Waals surface area (Å²) >= 11 is 0. The molecule has 0 spiro atoms. The third-order valence-electron chi connectivity index (χ3n) is 3.03. The van der Waals surface area contributed by atoms with E-state index in [0.29, 0.717) is 6.04 Å². The van der Waals surface area contributed by atoms with Crippen LogP contribution in [0.15, 0.2) is 24.3 Å². The normalized spacial score (nSPS) is 10.8. The first-order valence-electron chi connectivity index (χ1n) is 6.66. The molecule has 0 aliphatic carbocycles. The number of rotatable bonds is 3. The molecule has 1 heterocycles. The van der Waals surface area contributed by atoms with Crippen molar-refractivity contribution in [3.05, 3.63) is 41.0 Å². The van der Waals surface area contributed by atoms with E-state index in [1.165, 1.54) is 22.3 Å². The molecule has 2 aromatic rings. The zero-order valence-corrected chi connectivity index (χ0v) is 12.3. The van der Waals surface area contributed by atoms with E-state index >= 15 is 0 Å². The monoisotopic (exact) mass is 255 g/mol. The first-order valence-corrected chi connectivity index (χ1v) is 6.66. The predicted octanol–water partition coefficient (Wildman–Crippen LogP) is 3.89. The number of aryl methyl sites for hydroxylation is 3. The van der Waals surface area contributed by atoms with Crippen LogP contribution in [0.25, 0.3) is 11.3 Å². The lowest BCUT2D eigenvalue weighted by atomic mass is 9.97. The molecule has 0 saturated heterocycles. The van der Waals surface area contributed by atoms with E-state index in [-0.39, 0.29) is 0 Å². The fraction of sp³-hybridized carbons (Fsp3) is 0.375. The van der Waals surface area contributed by atoms with Crippen LogP contribution in [0.4, 0.5) is 5.82 Å². The summed E-state index contributed by atoms with van der Waals surface area (Å²) in [5.74, 6) is 0.821. The van der Waals surface area contributed by atoms with Crippen LogP contribution in [0.2, 0.25) is 0 Å². The van der Waals surface area contributed by atoms with Gasteiger partial charge in [-0.2, -0.15) is 0 Å². The standard InChI is InChI=1S/C16H21N3/c1-10(2)17-15-7-6-14(18-19-15)16-12(4)8-11(3)9-13(16)5/h6-10H,1-5H3,(H,17,19). The Morgan fingerprint density at radius 3 is 2.05 bits per heavy atom. The molecule has 1 aromatic carbocycles. The van der Waals surface area contributed by atoms with E-state index in [1.54, 1.807) is 0 Å². The second-order valence-electron chi connectivity index (χ2n) is 5.38. The summed E-state index contributed by atoms with van der Waals surface area (Å²) in [6.45, 7) is 10.5. The zero-order valence-electron chi connectivity index (χ0n) is 12.3. The second kappa shape index (κ2) is 5.39. The fourth-order valence-corrected chi connectivity index (χ4v) is 2.42. The molecular weight excluding hydrogens is 234 g/mol. The average Bonchev–Trinajstić information content (AvgIpc) is 2.29. The summed E-state index contributed by atoms with van der Waals surface area (Å²) in [4.78, 5) is 0. The molecule has 100 valence electrons. The van der Waals surface area contributed by atoms with E-state index in [1.807, 2.05) is 12.1 Å². The minimum absolute atomic E-state index is 0.364. The van der Waals surface area contributed by atoms with Gasteiger partial charge in [-0.25, -0.2) is 0 Å². The van der Waals surface area contributed by atoms with E-state index in [0.717, 1.165) is 11.5 Å². The lowest BCUT2D eigenvalue weighted by Crippen LogP contribution is -2.11. The fourth-order valence-electron chi connectivity index (χ4n) is 2.42. The van der Waals surface area contributed by atoms with Crippen molar-refractivity contribution in [2.24, 2.45) is 0 Å². The van der Waals surface area contributed by atoms with Crippen LogP contribution < -0.4 is 5.32 Å². The SMILES string of the molecule is Cc1cc(C)c(-c2ccc(NC(C)C)nn2)c(C)c1. The lowest BCUT2D eigenvalue weighted by molar-refractivity contribution is 0.874. The highest BCUT2D eigenvalue weighted by atomic mass is 15.2. The third-order valence-corrected chi connectivity index (χ3v) is 3.03. The molecule has 0 radical (unpaired) electrons. The summed E-state index contributed by atoms with van der Waals surface area (Å²) in [6, 6.07) is 8.75. The van der Waals surface area contributed by atoms with Crippen LogP contribution in [0.5, 0.6) is 0 Å². The molecular formula is C16H21N3. The van der Waals surface area contributed by atoms with Crippen LogP contribution >= 0.6 is 0 Å². The molecule has 0 aliphatic rings. The smallest absolute Gasteiger partial charge is 0.148 e. The minimum atomic E-state index is 0.364. The highest BCUT2D eigenvalue weighted by molar-refractivity contribution is 5.68. The number of nitrogens with one attached hydrogen (secondary N) is 1. The van der Waals surface area contributed by atoms with Crippen molar-refractivity contribution in [2.75, 3.05) is 5.32 Å². The molecule has 0 fully saturated rings. The first kappa shape index (κ1) is 13.5. The van der Waals surface area contributed by atoms with Gasteiger partial charge in [0.05, 0.1) is 5.69 Å². The summed E-state index contributed by atoms with van der Waals surface area (Å²) in [7, 11) is 0. The number of hydrogen-bond acceptors (Lipinski definition) is 3. The lowest BCUT2D eigenvalue weighted by Gasteiger charge is -2.12. The van der Waals surface area contributed by atoms with Crippen molar-refractivity contribution in [1.82, 2.24) is 10.2 Å². The zero-order chi connectivity index (χ0) is 14.0. The van der Waals surface area contributed by atoms with Gasteiger partial charge in [-0.1, -0.05) is 17.7 Å². The molecule has 19 heavy (non-hydrogen) atoms. The molecule has 0 aliphatic heterocycles. The number of hydrogen-bond donors (Lipinski definition) is 1. The predicted molar refractivity (Wildman–Crippen MR) is 80.4 cm³/mol. The molecule has 0 unspecified atom stereocenters. The van der Waals surface area contributed by atoms with Gasteiger partial charge in [0.25, 0.3) is 0 Å². The van der Waals surface area contributed by atoms with Crippen molar-refractivity contribution in [2.45, 2.75) is 40.7 Å². The number of anilines is 1. The van der Waals surface area contributed by atoms with Gasteiger partial charge in [0.1, 0.15) is 5.82 Å². The third kappa shape index (κ3) is 3.11. The Labute approximate surface area is 115 Å². The molecule has 0 bridgehead atoms. The van der Waals surface area contributed by atoms with E-state index in [9.17, 15) is 0 Å². The summed E-state index contributed by atoms with van der Waals surface area (Å²) in [5.41, 5.74) is 5.90. The molecule has 1 N–H and O–H groups in total.